The largest absolute Gasteiger partial charge is 0.353 e. The number of hydrogen-bond donors (Lipinski definition) is 1. The summed E-state index contributed by atoms with van der Waals surface area (Å²) in [4.78, 5) is 18.8. The first-order valence-corrected chi connectivity index (χ1v) is 8.38. The van der Waals surface area contributed by atoms with Crippen molar-refractivity contribution in [2.45, 2.75) is 25.7 Å². The Hall–Kier alpha value is -2.07. The molecule has 0 saturated carbocycles. The van der Waals surface area contributed by atoms with Gasteiger partial charge in [0.2, 0.25) is 0 Å². The van der Waals surface area contributed by atoms with Gasteiger partial charge >= 0.3 is 0 Å². The molecule has 1 aromatic heterocycles. The van der Waals surface area contributed by atoms with Crippen LogP contribution in [0.3, 0.4) is 0 Å². The van der Waals surface area contributed by atoms with Crippen LogP contribution in [0.2, 0.25) is 5.02 Å². The van der Waals surface area contributed by atoms with Crippen LogP contribution in [0.15, 0.2) is 42.7 Å². The normalized spacial score (nSPS) is 15.1. The number of aromatic nitrogens is 1. The summed E-state index contributed by atoms with van der Waals surface area (Å²) in [5.74, 6) is 0.0576. The van der Waals surface area contributed by atoms with Gasteiger partial charge in [-0.2, -0.15) is 0 Å². The van der Waals surface area contributed by atoms with E-state index in [0.717, 1.165) is 37.3 Å². The Morgan fingerprint density at radius 1 is 1.09 bits per heavy atom. The second-order valence-corrected chi connectivity index (χ2v) is 6.18. The van der Waals surface area contributed by atoms with Crippen LogP contribution in [-0.2, 0) is 0 Å². The Morgan fingerprint density at radius 2 is 1.83 bits per heavy atom. The summed E-state index contributed by atoms with van der Waals surface area (Å²) in [7, 11) is 0. The molecule has 1 aromatic carbocycles. The monoisotopic (exact) mass is 329 g/mol. The molecule has 120 valence electrons. The van der Waals surface area contributed by atoms with E-state index in [4.69, 9.17) is 11.6 Å². The lowest BCUT2D eigenvalue weighted by atomic mass is 10.2. The first kappa shape index (κ1) is 15.8. The van der Waals surface area contributed by atoms with Crippen LogP contribution >= 0.6 is 11.6 Å². The average Bonchev–Trinajstić information content (AvgIpc) is 2.86. The van der Waals surface area contributed by atoms with E-state index in [0.29, 0.717) is 10.6 Å². The molecule has 1 N–H and O–H groups in total. The van der Waals surface area contributed by atoms with E-state index in [1.807, 2.05) is 35.2 Å². The predicted octanol–water partition coefficient (Wildman–Crippen LogP) is 4.49. The molecule has 0 unspecified atom stereocenters. The highest BCUT2D eigenvalue weighted by Crippen LogP contribution is 2.25. The van der Waals surface area contributed by atoms with E-state index >= 15 is 0 Å². The maximum Gasteiger partial charge on any atom is 0.255 e. The molecule has 1 fully saturated rings. The number of carbonyl (C=O) groups is 1. The van der Waals surface area contributed by atoms with Crippen molar-refractivity contribution < 1.29 is 4.79 Å². The van der Waals surface area contributed by atoms with Gasteiger partial charge in [0, 0.05) is 19.3 Å². The van der Waals surface area contributed by atoms with E-state index in [-0.39, 0.29) is 5.91 Å². The molecule has 4 nitrogen and oxygen atoms in total. The van der Waals surface area contributed by atoms with Gasteiger partial charge in [-0.25, -0.2) is 0 Å². The lowest BCUT2D eigenvalue weighted by Gasteiger charge is -2.20. The number of nitrogens with one attached hydrogen (secondary N) is 1. The van der Waals surface area contributed by atoms with Crippen LogP contribution in [-0.4, -0.2) is 28.9 Å². The number of benzene rings is 1. The Kier molecular flexibility index (Phi) is 5.13. The number of rotatable bonds is 3. The van der Waals surface area contributed by atoms with Crippen LogP contribution in [0.4, 0.5) is 11.4 Å². The van der Waals surface area contributed by atoms with Gasteiger partial charge < -0.3 is 10.2 Å². The molecule has 0 aliphatic carbocycles. The van der Waals surface area contributed by atoms with Crippen LogP contribution in [0.25, 0.3) is 0 Å². The van der Waals surface area contributed by atoms with Crippen molar-refractivity contribution in [2.24, 2.45) is 0 Å². The van der Waals surface area contributed by atoms with Gasteiger partial charge in [0.1, 0.15) is 0 Å². The number of amides is 1. The summed E-state index contributed by atoms with van der Waals surface area (Å²) in [5, 5.41) is 3.85. The molecule has 0 atom stereocenters. The van der Waals surface area contributed by atoms with Crippen LogP contribution in [0, 0.1) is 0 Å². The molecule has 23 heavy (non-hydrogen) atoms. The molecule has 5 heteroatoms. The number of nitrogens with zero attached hydrogens (tertiary/aromatic N) is 2. The van der Waals surface area contributed by atoms with Gasteiger partial charge in [-0.3, -0.25) is 9.78 Å². The smallest absolute Gasteiger partial charge is 0.255 e. The van der Waals surface area contributed by atoms with E-state index in [9.17, 15) is 4.79 Å². The minimum Gasteiger partial charge on any atom is -0.353 e. The molecule has 1 aliphatic heterocycles. The highest BCUT2D eigenvalue weighted by Gasteiger charge is 2.17. The first-order valence-electron chi connectivity index (χ1n) is 8.00. The Bertz CT molecular complexity index is 681. The fraction of sp³-hybridized carbons (Fsp3) is 0.333. The lowest BCUT2D eigenvalue weighted by Crippen LogP contribution is -2.31. The fourth-order valence-corrected chi connectivity index (χ4v) is 2.98. The van der Waals surface area contributed by atoms with Gasteiger partial charge in [-0.15, -0.1) is 0 Å². The number of halogens is 1. The highest BCUT2D eigenvalue weighted by atomic mass is 35.5. The van der Waals surface area contributed by atoms with Gasteiger partial charge in [0.05, 0.1) is 28.2 Å². The number of likely N-dealkylation sites (tertiary alicyclic amines) is 1. The van der Waals surface area contributed by atoms with Gasteiger partial charge in [-0.1, -0.05) is 36.6 Å². The van der Waals surface area contributed by atoms with Crippen molar-refractivity contribution in [1.29, 1.82) is 0 Å². The summed E-state index contributed by atoms with van der Waals surface area (Å²) >= 11 is 6.16. The molecule has 0 bridgehead atoms. The summed E-state index contributed by atoms with van der Waals surface area (Å²) in [6.45, 7) is 1.67. The predicted molar refractivity (Wildman–Crippen MR) is 93.3 cm³/mol. The fourth-order valence-electron chi connectivity index (χ4n) is 2.80. The first-order chi connectivity index (χ1) is 11.2. The van der Waals surface area contributed by atoms with Crippen LogP contribution < -0.4 is 5.32 Å². The van der Waals surface area contributed by atoms with Crippen LogP contribution in [0.1, 0.15) is 36.0 Å². The molecule has 3 rings (SSSR count). The van der Waals surface area contributed by atoms with Crippen LogP contribution in [0.5, 0.6) is 0 Å². The highest BCUT2D eigenvalue weighted by molar-refractivity contribution is 6.33. The van der Waals surface area contributed by atoms with Crippen molar-refractivity contribution in [2.75, 3.05) is 18.4 Å². The van der Waals surface area contributed by atoms with Crippen molar-refractivity contribution in [3.8, 4) is 0 Å². The summed E-state index contributed by atoms with van der Waals surface area (Å²) in [6, 6.07) is 9.34. The lowest BCUT2D eigenvalue weighted by molar-refractivity contribution is 0.0761. The maximum atomic E-state index is 12.7. The topological polar surface area (TPSA) is 45.2 Å². The number of anilines is 2. The van der Waals surface area contributed by atoms with E-state index in [1.54, 1.807) is 12.4 Å². The third-order valence-electron chi connectivity index (χ3n) is 4.03. The third kappa shape index (κ3) is 4.02. The standard InChI is InChI=1S/C18H20ClN3O/c19-16-7-3-4-8-17(16)21-15-11-14(12-20-13-15)18(23)22-9-5-1-2-6-10-22/h3-4,7-8,11-13,21H,1-2,5-6,9-10H2. The second-order valence-electron chi connectivity index (χ2n) is 5.77. The molecule has 1 amide bonds. The quantitative estimate of drug-likeness (QED) is 0.902. The molecule has 2 aromatic rings. The second kappa shape index (κ2) is 7.47. The van der Waals surface area contributed by atoms with Gasteiger partial charge in [0.25, 0.3) is 5.91 Å². The Balaban J connectivity index is 1.76. The molecule has 2 heterocycles. The molecule has 0 radical (unpaired) electrons. The van der Waals surface area contributed by atoms with Crippen molar-refractivity contribution in [1.82, 2.24) is 9.88 Å². The summed E-state index contributed by atoms with van der Waals surface area (Å²) < 4.78 is 0. The van der Waals surface area contributed by atoms with Crippen molar-refractivity contribution in [3.63, 3.8) is 0 Å². The van der Waals surface area contributed by atoms with Gasteiger partial charge in [-0.05, 0) is 31.0 Å². The zero-order valence-electron chi connectivity index (χ0n) is 13.0. The van der Waals surface area contributed by atoms with Gasteiger partial charge in [0.15, 0.2) is 0 Å². The van der Waals surface area contributed by atoms with E-state index in [2.05, 4.69) is 10.3 Å². The molecular weight excluding hydrogens is 310 g/mol. The van der Waals surface area contributed by atoms with Crippen molar-refractivity contribution in [3.05, 3.63) is 53.3 Å². The molecule has 1 saturated heterocycles. The zero-order chi connectivity index (χ0) is 16.1. The Labute approximate surface area is 141 Å². The minimum atomic E-state index is 0.0576. The number of pyridine rings is 1. The minimum absolute atomic E-state index is 0.0576. The zero-order valence-corrected chi connectivity index (χ0v) is 13.7. The Morgan fingerprint density at radius 3 is 2.57 bits per heavy atom. The SMILES string of the molecule is O=C(c1cncc(Nc2ccccc2Cl)c1)N1CCCCCC1. The van der Waals surface area contributed by atoms with E-state index in [1.165, 1.54) is 12.8 Å². The third-order valence-corrected chi connectivity index (χ3v) is 4.36. The number of carbonyl (C=O) groups excluding carboxylic acids is 1. The maximum absolute atomic E-state index is 12.7. The molecular formula is C18H20ClN3O. The number of hydrogen-bond acceptors (Lipinski definition) is 3. The summed E-state index contributed by atoms with van der Waals surface area (Å²) in [5.41, 5.74) is 2.18. The summed E-state index contributed by atoms with van der Waals surface area (Å²) in [6.07, 6.45) is 7.90. The average molecular weight is 330 g/mol. The molecule has 0 spiro atoms. The van der Waals surface area contributed by atoms with E-state index < -0.39 is 0 Å². The molecule has 1 aliphatic rings. The van der Waals surface area contributed by atoms with Crippen molar-refractivity contribution >= 4 is 28.9 Å². The number of para-hydroxylation sites is 1.